The molecule has 3 N–H and O–H groups in total. The number of hydrogen-bond acceptors (Lipinski definition) is 3. The molecule has 0 aromatic carbocycles. The first-order chi connectivity index (χ1) is 9.94. The van der Waals surface area contributed by atoms with Crippen LogP contribution in [0.1, 0.15) is 45.4 Å². The summed E-state index contributed by atoms with van der Waals surface area (Å²) in [7, 11) is -3.44. The van der Waals surface area contributed by atoms with Gasteiger partial charge < -0.3 is 10.2 Å². The molecule has 0 atom stereocenters. The molecule has 0 aromatic rings. The highest BCUT2D eigenvalue weighted by molar-refractivity contribution is 7.89. The smallest absolute Gasteiger partial charge is 0.210 e. The molecule has 1 saturated heterocycles. The van der Waals surface area contributed by atoms with Crippen molar-refractivity contribution in [3.63, 3.8) is 0 Å². The highest BCUT2D eigenvalue weighted by atomic mass is 32.2. The normalized spacial score (nSPS) is 22.8. The van der Waals surface area contributed by atoms with Crippen molar-refractivity contribution < 1.29 is 8.42 Å². The molecule has 0 amide bonds. The number of nitrogens with zero attached hydrogens (tertiary/aromatic N) is 2. The molecule has 1 heterocycles. The highest BCUT2D eigenvalue weighted by Crippen LogP contribution is 2.43. The van der Waals surface area contributed by atoms with Gasteiger partial charge in [-0.25, -0.2) is 13.6 Å². The molecule has 1 saturated carbocycles. The number of sulfonamides is 1. The molecule has 2 fully saturated rings. The summed E-state index contributed by atoms with van der Waals surface area (Å²) >= 11 is 0. The van der Waals surface area contributed by atoms with Crippen LogP contribution in [0.2, 0.25) is 0 Å². The van der Waals surface area contributed by atoms with Gasteiger partial charge in [-0.2, -0.15) is 0 Å². The molecule has 2 rings (SSSR count). The molecule has 6 nitrogen and oxygen atoms in total. The number of nitrogens with two attached hydrogens (primary N) is 1. The summed E-state index contributed by atoms with van der Waals surface area (Å²) in [5.41, 5.74) is 0.467. The lowest BCUT2D eigenvalue weighted by Gasteiger charge is -2.33. The fraction of sp³-hybridized carbons (Fsp3) is 0.929. The molecular formula is C14H28N4O2S. The van der Waals surface area contributed by atoms with Crippen molar-refractivity contribution in [2.75, 3.05) is 31.9 Å². The average Bonchev–Trinajstić information content (AvgIpc) is 2.81. The molecule has 1 aliphatic carbocycles. The first kappa shape index (κ1) is 16.5. The molecule has 122 valence electrons. The van der Waals surface area contributed by atoms with E-state index in [0.29, 0.717) is 5.41 Å². The van der Waals surface area contributed by atoms with Gasteiger partial charge in [0, 0.05) is 19.6 Å². The third kappa shape index (κ3) is 4.85. The number of guanidine groups is 1. The van der Waals surface area contributed by atoms with Gasteiger partial charge in [0.25, 0.3) is 0 Å². The second kappa shape index (κ2) is 6.96. The summed E-state index contributed by atoms with van der Waals surface area (Å²) < 4.78 is 22.0. The fourth-order valence-corrected chi connectivity index (χ4v) is 3.88. The Morgan fingerprint density at radius 2 is 2.00 bits per heavy atom. The maximum absolute atomic E-state index is 11.0. The summed E-state index contributed by atoms with van der Waals surface area (Å²) in [6, 6.07) is 0. The zero-order valence-electron chi connectivity index (χ0n) is 13.0. The number of hydrogen-bond donors (Lipinski definition) is 2. The Bertz CT molecular complexity index is 469. The third-order valence-electron chi connectivity index (χ3n) is 4.62. The minimum atomic E-state index is -3.44. The fourth-order valence-electron chi connectivity index (χ4n) is 3.53. The van der Waals surface area contributed by atoms with Gasteiger partial charge in [-0.05, 0) is 31.6 Å². The van der Waals surface area contributed by atoms with Crippen molar-refractivity contribution in [1.82, 2.24) is 10.2 Å². The molecule has 1 spiro atoms. The van der Waals surface area contributed by atoms with Gasteiger partial charge in [0.2, 0.25) is 10.0 Å². The minimum absolute atomic E-state index is 0.0964. The minimum Gasteiger partial charge on any atom is -0.357 e. The molecule has 0 aromatic heterocycles. The maximum atomic E-state index is 11.0. The van der Waals surface area contributed by atoms with E-state index in [1.165, 1.54) is 38.5 Å². The van der Waals surface area contributed by atoms with E-state index in [4.69, 9.17) is 5.14 Å². The lowest BCUT2D eigenvalue weighted by Crippen LogP contribution is -2.42. The Balaban J connectivity index is 1.97. The topological polar surface area (TPSA) is 87.8 Å². The number of rotatable bonds is 4. The number of nitrogens with one attached hydrogen (secondary N) is 1. The van der Waals surface area contributed by atoms with Crippen LogP contribution in [-0.2, 0) is 10.0 Å². The van der Waals surface area contributed by atoms with Crippen LogP contribution in [0.25, 0.3) is 0 Å². The van der Waals surface area contributed by atoms with Crippen LogP contribution in [0.15, 0.2) is 4.99 Å². The van der Waals surface area contributed by atoms with Crippen LogP contribution in [0, 0.1) is 5.41 Å². The zero-order chi connectivity index (χ0) is 15.3. The Hall–Kier alpha value is -0.820. The van der Waals surface area contributed by atoms with Gasteiger partial charge in [-0.1, -0.05) is 19.3 Å². The van der Waals surface area contributed by atoms with E-state index in [0.717, 1.165) is 25.6 Å². The van der Waals surface area contributed by atoms with Crippen LogP contribution in [0.4, 0.5) is 0 Å². The van der Waals surface area contributed by atoms with Gasteiger partial charge in [0.1, 0.15) is 0 Å². The van der Waals surface area contributed by atoms with E-state index in [9.17, 15) is 8.42 Å². The molecule has 0 bridgehead atoms. The van der Waals surface area contributed by atoms with E-state index in [1.807, 2.05) is 6.92 Å². The maximum Gasteiger partial charge on any atom is 0.210 e. The zero-order valence-corrected chi connectivity index (χ0v) is 13.8. The van der Waals surface area contributed by atoms with Crippen LogP contribution < -0.4 is 10.5 Å². The van der Waals surface area contributed by atoms with E-state index in [1.54, 1.807) is 0 Å². The summed E-state index contributed by atoms with van der Waals surface area (Å²) in [5, 5.41) is 8.30. The second-order valence-corrected chi connectivity index (χ2v) is 8.07. The van der Waals surface area contributed by atoms with Crippen LogP contribution in [-0.4, -0.2) is 51.2 Å². The van der Waals surface area contributed by atoms with Crippen molar-refractivity contribution in [2.24, 2.45) is 15.5 Å². The second-order valence-electron chi connectivity index (χ2n) is 6.33. The van der Waals surface area contributed by atoms with Crippen LogP contribution >= 0.6 is 0 Å². The Morgan fingerprint density at radius 3 is 2.62 bits per heavy atom. The Labute approximate surface area is 128 Å². The Kier molecular flexibility index (Phi) is 5.48. The monoisotopic (exact) mass is 316 g/mol. The van der Waals surface area contributed by atoms with E-state index in [-0.39, 0.29) is 12.3 Å². The average molecular weight is 316 g/mol. The number of aliphatic imine (C=N–C) groups is 1. The highest BCUT2D eigenvalue weighted by Gasteiger charge is 2.39. The van der Waals surface area contributed by atoms with Crippen molar-refractivity contribution in [2.45, 2.75) is 45.4 Å². The van der Waals surface area contributed by atoms with Gasteiger partial charge in [-0.3, -0.25) is 4.99 Å². The molecular weight excluding hydrogens is 288 g/mol. The number of likely N-dealkylation sites (tertiary alicyclic amines) is 1. The number of primary sulfonamides is 1. The summed E-state index contributed by atoms with van der Waals surface area (Å²) in [6.45, 7) is 5.11. The summed E-state index contributed by atoms with van der Waals surface area (Å²) in [5.74, 6) is 0.740. The van der Waals surface area contributed by atoms with E-state index < -0.39 is 10.0 Å². The predicted octanol–water partition coefficient (Wildman–Crippen LogP) is 0.897. The van der Waals surface area contributed by atoms with E-state index in [2.05, 4.69) is 15.2 Å². The van der Waals surface area contributed by atoms with Gasteiger partial charge in [0.15, 0.2) is 5.96 Å². The summed E-state index contributed by atoms with van der Waals surface area (Å²) in [6.07, 6.45) is 7.91. The molecule has 21 heavy (non-hydrogen) atoms. The molecule has 2 aliphatic rings. The lowest BCUT2D eigenvalue weighted by molar-refractivity contribution is 0.203. The SMILES string of the molecule is CCNC(=NCCS(N)(=O)=O)N1CCC2(CCCCC2)C1. The largest absolute Gasteiger partial charge is 0.357 e. The first-order valence-electron chi connectivity index (χ1n) is 7.98. The summed E-state index contributed by atoms with van der Waals surface area (Å²) in [4.78, 5) is 6.72. The van der Waals surface area contributed by atoms with Gasteiger partial charge in [0.05, 0.1) is 12.3 Å². The van der Waals surface area contributed by atoms with Crippen molar-refractivity contribution in [3.8, 4) is 0 Å². The molecule has 7 heteroatoms. The molecule has 0 radical (unpaired) electrons. The van der Waals surface area contributed by atoms with Crippen molar-refractivity contribution in [3.05, 3.63) is 0 Å². The quantitative estimate of drug-likeness (QED) is 0.596. The van der Waals surface area contributed by atoms with Crippen LogP contribution in [0.3, 0.4) is 0 Å². The third-order valence-corrected chi connectivity index (χ3v) is 5.38. The van der Waals surface area contributed by atoms with Gasteiger partial charge in [-0.15, -0.1) is 0 Å². The predicted molar refractivity (Wildman–Crippen MR) is 85.7 cm³/mol. The van der Waals surface area contributed by atoms with Gasteiger partial charge >= 0.3 is 0 Å². The first-order valence-corrected chi connectivity index (χ1v) is 9.69. The molecule has 1 aliphatic heterocycles. The molecule has 0 unspecified atom stereocenters. The lowest BCUT2D eigenvalue weighted by atomic mass is 9.73. The Morgan fingerprint density at radius 1 is 1.29 bits per heavy atom. The van der Waals surface area contributed by atoms with Crippen molar-refractivity contribution >= 4 is 16.0 Å². The standard InChI is InChI=1S/C14H28N4O2S/c1-2-16-13(17-9-11-21(15,19)20)18-10-8-14(12-18)6-4-3-5-7-14/h2-12H2,1H3,(H,16,17)(H2,15,19,20). The van der Waals surface area contributed by atoms with Crippen LogP contribution in [0.5, 0.6) is 0 Å². The van der Waals surface area contributed by atoms with Crippen molar-refractivity contribution in [1.29, 1.82) is 0 Å². The van der Waals surface area contributed by atoms with E-state index >= 15 is 0 Å².